The van der Waals surface area contributed by atoms with Gasteiger partial charge in [0.1, 0.15) is 11.3 Å². The first-order valence-electron chi connectivity index (χ1n) is 9.41. The third-order valence-corrected chi connectivity index (χ3v) is 5.53. The molecule has 1 aromatic carbocycles. The summed E-state index contributed by atoms with van der Waals surface area (Å²) in [7, 11) is 0. The smallest absolute Gasteiger partial charge is 0.221 e. The number of phenols is 1. The lowest BCUT2D eigenvalue weighted by Gasteiger charge is -2.26. The molecule has 5 heteroatoms. The molecule has 1 aliphatic carbocycles. The predicted molar refractivity (Wildman–Crippen MR) is 104 cm³/mol. The summed E-state index contributed by atoms with van der Waals surface area (Å²) < 4.78 is 0. The number of carbonyl (C=O) groups is 1. The Bertz CT molecular complexity index is 984. The monoisotopic (exact) mass is 361 g/mol. The van der Waals surface area contributed by atoms with Crippen molar-refractivity contribution in [2.45, 2.75) is 38.0 Å². The van der Waals surface area contributed by atoms with Crippen LogP contribution in [-0.4, -0.2) is 21.0 Å². The lowest BCUT2D eigenvalue weighted by molar-refractivity contribution is -0.122. The minimum Gasteiger partial charge on any atom is -0.505 e. The molecule has 138 valence electrons. The molecule has 3 aromatic rings. The first-order chi connectivity index (χ1) is 13.1. The Kier molecular flexibility index (Phi) is 4.52. The van der Waals surface area contributed by atoms with Crippen molar-refractivity contribution in [3.63, 3.8) is 0 Å². The predicted octanol–water partition coefficient (Wildman–Crippen LogP) is 3.86. The molecule has 1 aliphatic rings. The highest BCUT2D eigenvalue weighted by atomic mass is 16.3. The SMILES string of the molecule is CCC(C(N)=O)C(c1cccnc1)c1cc(C2CC2)c2cccnc2c1O. The van der Waals surface area contributed by atoms with Crippen LogP contribution in [0.15, 0.2) is 48.9 Å². The number of hydrogen-bond acceptors (Lipinski definition) is 4. The van der Waals surface area contributed by atoms with Gasteiger partial charge >= 0.3 is 0 Å². The van der Waals surface area contributed by atoms with Gasteiger partial charge in [-0.2, -0.15) is 0 Å². The van der Waals surface area contributed by atoms with Crippen LogP contribution >= 0.6 is 0 Å². The van der Waals surface area contributed by atoms with Crippen LogP contribution in [0.3, 0.4) is 0 Å². The summed E-state index contributed by atoms with van der Waals surface area (Å²) in [5.41, 5.74) is 9.10. The van der Waals surface area contributed by atoms with E-state index in [-0.39, 0.29) is 17.6 Å². The maximum Gasteiger partial charge on any atom is 0.221 e. The molecule has 0 bridgehead atoms. The maximum absolute atomic E-state index is 12.2. The van der Waals surface area contributed by atoms with Crippen LogP contribution in [0.4, 0.5) is 0 Å². The van der Waals surface area contributed by atoms with Crippen molar-refractivity contribution in [3.8, 4) is 5.75 Å². The quantitative estimate of drug-likeness (QED) is 0.698. The van der Waals surface area contributed by atoms with Crippen LogP contribution in [0.1, 0.15) is 54.7 Å². The molecule has 3 N–H and O–H groups in total. The Hall–Kier alpha value is -2.95. The second kappa shape index (κ2) is 6.99. The second-order valence-electron chi connectivity index (χ2n) is 7.26. The van der Waals surface area contributed by atoms with Gasteiger partial charge in [-0.3, -0.25) is 14.8 Å². The van der Waals surface area contributed by atoms with Crippen LogP contribution in [-0.2, 0) is 4.79 Å². The first-order valence-corrected chi connectivity index (χ1v) is 9.41. The van der Waals surface area contributed by atoms with E-state index in [1.54, 1.807) is 18.6 Å². The fraction of sp³-hybridized carbons (Fsp3) is 0.318. The van der Waals surface area contributed by atoms with Crippen molar-refractivity contribution in [1.82, 2.24) is 9.97 Å². The molecule has 0 aliphatic heterocycles. The highest BCUT2D eigenvalue weighted by Gasteiger charge is 2.34. The molecule has 4 rings (SSSR count). The van der Waals surface area contributed by atoms with Crippen LogP contribution in [0.2, 0.25) is 0 Å². The summed E-state index contributed by atoms with van der Waals surface area (Å²) in [6, 6.07) is 9.73. The van der Waals surface area contributed by atoms with E-state index in [2.05, 4.69) is 16.0 Å². The van der Waals surface area contributed by atoms with Gasteiger partial charge in [-0.25, -0.2) is 0 Å². The van der Waals surface area contributed by atoms with Gasteiger partial charge in [-0.1, -0.05) is 25.1 Å². The normalized spacial score (nSPS) is 16.2. The molecule has 5 nitrogen and oxygen atoms in total. The van der Waals surface area contributed by atoms with Gasteiger partial charge in [0.05, 0.1) is 0 Å². The molecule has 27 heavy (non-hydrogen) atoms. The molecule has 0 spiro atoms. The van der Waals surface area contributed by atoms with Crippen molar-refractivity contribution >= 4 is 16.8 Å². The van der Waals surface area contributed by atoms with Gasteiger partial charge in [0.25, 0.3) is 0 Å². The average Bonchev–Trinajstić information content (AvgIpc) is 3.52. The van der Waals surface area contributed by atoms with Gasteiger partial charge in [0, 0.05) is 41.4 Å². The van der Waals surface area contributed by atoms with Crippen molar-refractivity contribution < 1.29 is 9.90 Å². The van der Waals surface area contributed by atoms with Crippen molar-refractivity contribution in [2.24, 2.45) is 11.7 Å². The number of primary amides is 1. The Labute approximate surface area is 158 Å². The summed E-state index contributed by atoms with van der Waals surface area (Å²) in [5, 5.41) is 12.1. The zero-order valence-corrected chi connectivity index (χ0v) is 15.3. The minimum atomic E-state index is -0.437. The fourth-order valence-electron chi connectivity index (χ4n) is 4.04. The summed E-state index contributed by atoms with van der Waals surface area (Å²) in [6.07, 6.45) is 7.98. The molecule has 1 saturated carbocycles. The molecule has 2 atom stereocenters. The average molecular weight is 361 g/mol. The topological polar surface area (TPSA) is 89.1 Å². The molecule has 2 unspecified atom stereocenters. The number of nitrogens with zero attached hydrogens (tertiary/aromatic N) is 2. The number of amides is 1. The number of carbonyl (C=O) groups excluding carboxylic acids is 1. The molecule has 1 amide bonds. The number of phenolic OH excluding ortho intramolecular Hbond substituents is 1. The van der Waals surface area contributed by atoms with Crippen molar-refractivity contribution in [3.05, 3.63) is 65.6 Å². The Morgan fingerprint density at radius 2 is 2.07 bits per heavy atom. The highest BCUT2D eigenvalue weighted by Crippen LogP contribution is 2.48. The van der Waals surface area contributed by atoms with E-state index in [1.807, 2.05) is 31.2 Å². The third kappa shape index (κ3) is 3.14. The van der Waals surface area contributed by atoms with Crippen molar-refractivity contribution in [2.75, 3.05) is 0 Å². The van der Waals surface area contributed by atoms with Gasteiger partial charge in [0.2, 0.25) is 5.91 Å². The van der Waals surface area contributed by atoms with E-state index in [1.165, 1.54) is 5.56 Å². The summed E-state index contributed by atoms with van der Waals surface area (Å²) in [4.78, 5) is 20.9. The number of hydrogen-bond donors (Lipinski definition) is 2. The number of benzene rings is 1. The number of nitrogens with two attached hydrogens (primary N) is 1. The molecular formula is C22H23N3O2. The summed E-state index contributed by atoms with van der Waals surface area (Å²) >= 11 is 0. The van der Waals surface area contributed by atoms with Gasteiger partial charge in [-0.15, -0.1) is 0 Å². The summed E-state index contributed by atoms with van der Waals surface area (Å²) in [5.74, 6) is -0.555. The van der Waals surface area contributed by atoms with E-state index < -0.39 is 5.92 Å². The second-order valence-corrected chi connectivity index (χ2v) is 7.26. The third-order valence-electron chi connectivity index (χ3n) is 5.53. The van der Waals surface area contributed by atoms with Crippen molar-refractivity contribution in [1.29, 1.82) is 0 Å². The fourth-order valence-corrected chi connectivity index (χ4v) is 4.04. The molecule has 2 aromatic heterocycles. The van der Waals surface area contributed by atoms with E-state index in [4.69, 9.17) is 5.73 Å². The van der Waals surface area contributed by atoms with Crippen LogP contribution in [0, 0.1) is 5.92 Å². The Balaban J connectivity index is 1.98. The zero-order chi connectivity index (χ0) is 19.0. The maximum atomic E-state index is 12.2. The molecular weight excluding hydrogens is 338 g/mol. The molecule has 1 fully saturated rings. The number of pyridine rings is 2. The Morgan fingerprint density at radius 1 is 1.30 bits per heavy atom. The lowest BCUT2D eigenvalue weighted by atomic mass is 9.78. The number of aromatic nitrogens is 2. The minimum absolute atomic E-state index is 0.128. The van der Waals surface area contributed by atoms with E-state index in [0.717, 1.165) is 23.8 Å². The lowest BCUT2D eigenvalue weighted by Crippen LogP contribution is -2.29. The molecule has 0 saturated heterocycles. The van der Waals surface area contributed by atoms with E-state index >= 15 is 0 Å². The van der Waals surface area contributed by atoms with E-state index in [0.29, 0.717) is 23.4 Å². The molecule has 0 radical (unpaired) electrons. The first kappa shape index (κ1) is 17.5. The summed E-state index contributed by atoms with van der Waals surface area (Å²) in [6.45, 7) is 1.94. The highest BCUT2D eigenvalue weighted by molar-refractivity contribution is 5.90. The largest absolute Gasteiger partial charge is 0.505 e. The standard InChI is InChI=1S/C22H23N3O2/c1-2-15(22(23)27)19(14-5-3-9-24-12-14)18-11-17(13-7-8-13)16-6-4-10-25-20(16)21(18)26/h3-6,9-13,15,19,26H,2,7-8H2,1H3,(H2,23,27). The van der Waals surface area contributed by atoms with Gasteiger partial charge < -0.3 is 10.8 Å². The molecule has 2 heterocycles. The number of rotatable bonds is 6. The number of aromatic hydroxyl groups is 1. The van der Waals surface area contributed by atoms with Crippen LogP contribution in [0.25, 0.3) is 10.9 Å². The Morgan fingerprint density at radius 3 is 2.70 bits per heavy atom. The zero-order valence-electron chi connectivity index (χ0n) is 15.3. The van der Waals surface area contributed by atoms with Gasteiger partial charge in [-0.05, 0) is 48.4 Å². The van der Waals surface area contributed by atoms with Crippen LogP contribution in [0.5, 0.6) is 5.75 Å². The van der Waals surface area contributed by atoms with Gasteiger partial charge in [0.15, 0.2) is 0 Å². The number of fused-ring (bicyclic) bond motifs is 1. The van der Waals surface area contributed by atoms with Crippen LogP contribution < -0.4 is 5.73 Å². The van der Waals surface area contributed by atoms with E-state index in [9.17, 15) is 9.90 Å².